The summed E-state index contributed by atoms with van der Waals surface area (Å²) in [5, 5.41) is 8.18. The molecule has 3 unspecified atom stereocenters. The standard InChI is InChI=1S/C14H23NS/c1-3-15-14(9-12-7-8-16-10-12)13-6-4-5-11(13)2/h7-8,10-11,13-15H,3-6,9H2,1-2H3. The van der Waals surface area contributed by atoms with Crippen LogP contribution >= 0.6 is 11.3 Å². The van der Waals surface area contributed by atoms with E-state index < -0.39 is 0 Å². The van der Waals surface area contributed by atoms with Crippen LogP contribution in [0.25, 0.3) is 0 Å². The lowest BCUT2D eigenvalue weighted by molar-refractivity contribution is 0.299. The maximum Gasteiger partial charge on any atom is 0.0138 e. The lowest BCUT2D eigenvalue weighted by atomic mass is 9.87. The molecule has 1 nitrogen and oxygen atoms in total. The zero-order valence-corrected chi connectivity index (χ0v) is 11.2. The van der Waals surface area contributed by atoms with Gasteiger partial charge in [-0.1, -0.05) is 26.7 Å². The van der Waals surface area contributed by atoms with E-state index in [4.69, 9.17) is 0 Å². The van der Waals surface area contributed by atoms with E-state index in [9.17, 15) is 0 Å². The summed E-state index contributed by atoms with van der Waals surface area (Å²) < 4.78 is 0. The van der Waals surface area contributed by atoms with Crippen LogP contribution in [0, 0.1) is 11.8 Å². The van der Waals surface area contributed by atoms with Crippen LogP contribution in [0.1, 0.15) is 38.7 Å². The van der Waals surface area contributed by atoms with Crippen LogP contribution in [0.15, 0.2) is 16.8 Å². The Balaban J connectivity index is 1.99. The first-order chi connectivity index (χ1) is 7.81. The van der Waals surface area contributed by atoms with Gasteiger partial charge >= 0.3 is 0 Å². The van der Waals surface area contributed by atoms with Crippen molar-refractivity contribution in [2.24, 2.45) is 11.8 Å². The van der Waals surface area contributed by atoms with Gasteiger partial charge in [-0.05, 0) is 53.6 Å². The van der Waals surface area contributed by atoms with Crippen LogP contribution < -0.4 is 5.32 Å². The quantitative estimate of drug-likeness (QED) is 0.823. The SMILES string of the molecule is CCNC(Cc1ccsc1)C1CCCC1C. The number of likely N-dealkylation sites (N-methyl/N-ethyl adjacent to an activating group) is 1. The molecule has 1 aliphatic carbocycles. The Bertz CT molecular complexity index is 294. The normalized spacial score (nSPS) is 27.1. The first-order valence-corrected chi connectivity index (χ1v) is 7.50. The van der Waals surface area contributed by atoms with Crippen molar-refractivity contribution in [2.45, 2.75) is 45.6 Å². The first-order valence-electron chi connectivity index (χ1n) is 6.55. The summed E-state index contributed by atoms with van der Waals surface area (Å²) in [4.78, 5) is 0. The Labute approximate surface area is 103 Å². The zero-order chi connectivity index (χ0) is 11.4. The minimum Gasteiger partial charge on any atom is -0.314 e. The monoisotopic (exact) mass is 237 g/mol. The van der Waals surface area contributed by atoms with Gasteiger partial charge in [-0.2, -0.15) is 11.3 Å². The third kappa shape index (κ3) is 2.86. The van der Waals surface area contributed by atoms with Crippen molar-refractivity contribution in [2.75, 3.05) is 6.54 Å². The number of hydrogen-bond acceptors (Lipinski definition) is 2. The van der Waals surface area contributed by atoms with Crippen LogP contribution in [0.4, 0.5) is 0 Å². The second kappa shape index (κ2) is 5.83. The average molecular weight is 237 g/mol. The summed E-state index contributed by atoms with van der Waals surface area (Å²) in [5.41, 5.74) is 1.51. The zero-order valence-electron chi connectivity index (χ0n) is 10.4. The van der Waals surface area contributed by atoms with E-state index in [0.29, 0.717) is 6.04 Å². The van der Waals surface area contributed by atoms with E-state index in [2.05, 4.69) is 36.0 Å². The summed E-state index contributed by atoms with van der Waals surface area (Å²) in [6.45, 7) is 5.74. The van der Waals surface area contributed by atoms with Gasteiger partial charge in [-0.25, -0.2) is 0 Å². The minimum atomic E-state index is 0.692. The van der Waals surface area contributed by atoms with Gasteiger partial charge in [0.2, 0.25) is 0 Å². The van der Waals surface area contributed by atoms with Gasteiger partial charge in [0.15, 0.2) is 0 Å². The van der Waals surface area contributed by atoms with Crippen LogP contribution in [-0.2, 0) is 6.42 Å². The minimum absolute atomic E-state index is 0.692. The predicted octanol–water partition coefficient (Wildman–Crippen LogP) is 3.70. The van der Waals surface area contributed by atoms with Crippen molar-refractivity contribution in [3.63, 3.8) is 0 Å². The molecule has 1 saturated carbocycles. The van der Waals surface area contributed by atoms with E-state index in [-0.39, 0.29) is 0 Å². The van der Waals surface area contributed by atoms with Gasteiger partial charge in [0.05, 0.1) is 0 Å². The molecule has 0 aliphatic heterocycles. The van der Waals surface area contributed by atoms with Crippen LogP contribution in [-0.4, -0.2) is 12.6 Å². The van der Waals surface area contributed by atoms with E-state index in [1.807, 2.05) is 11.3 Å². The fraction of sp³-hybridized carbons (Fsp3) is 0.714. The summed E-state index contributed by atoms with van der Waals surface area (Å²) in [7, 11) is 0. The van der Waals surface area contributed by atoms with E-state index in [1.165, 1.54) is 31.2 Å². The highest BCUT2D eigenvalue weighted by Crippen LogP contribution is 2.34. The Morgan fingerprint density at radius 2 is 2.38 bits per heavy atom. The topological polar surface area (TPSA) is 12.0 Å². The Hall–Kier alpha value is -0.340. The fourth-order valence-corrected chi connectivity index (χ4v) is 3.75. The highest BCUT2D eigenvalue weighted by molar-refractivity contribution is 7.07. The molecule has 1 aliphatic rings. The molecule has 2 rings (SSSR count). The van der Waals surface area contributed by atoms with Crippen molar-refractivity contribution in [1.82, 2.24) is 5.32 Å². The number of thiophene rings is 1. The summed E-state index contributed by atoms with van der Waals surface area (Å²) >= 11 is 1.82. The fourth-order valence-electron chi connectivity index (χ4n) is 3.07. The largest absolute Gasteiger partial charge is 0.314 e. The third-order valence-electron chi connectivity index (χ3n) is 3.95. The average Bonchev–Trinajstić information content (AvgIpc) is 2.88. The van der Waals surface area contributed by atoms with E-state index in [1.54, 1.807) is 0 Å². The predicted molar refractivity (Wildman–Crippen MR) is 72.0 cm³/mol. The summed E-state index contributed by atoms with van der Waals surface area (Å²) in [5.74, 6) is 1.79. The third-order valence-corrected chi connectivity index (χ3v) is 4.68. The molecule has 1 fully saturated rings. The van der Waals surface area contributed by atoms with Gasteiger partial charge in [0.1, 0.15) is 0 Å². The Morgan fingerprint density at radius 1 is 1.50 bits per heavy atom. The molecular formula is C14H23NS. The van der Waals surface area contributed by atoms with Gasteiger partial charge in [-0.3, -0.25) is 0 Å². The lowest BCUT2D eigenvalue weighted by Gasteiger charge is -2.27. The van der Waals surface area contributed by atoms with Crippen molar-refractivity contribution >= 4 is 11.3 Å². The highest BCUT2D eigenvalue weighted by Gasteiger charge is 2.30. The van der Waals surface area contributed by atoms with Crippen molar-refractivity contribution in [3.8, 4) is 0 Å². The lowest BCUT2D eigenvalue weighted by Crippen LogP contribution is -2.39. The Morgan fingerprint density at radius 3 is 2.94 bits per heavy atom. The maximum absolute atomic E-state index is 3.70. The van der Waals surface area contributed by atoms with Crippen LogP contribution in [0.3, 0.4) is 0 Å². The van der Waals surface area contributed by atoms with Gasteiger partial charge in [-0.15, -0.1) is 0 Å². The van der Waals surface area contributed by atoms with Gasteiger partial charge in [0, 0.05) is 6.04 Å². The number of hydrogen-bond donors (Lipinski definition) is 1. The molecule has 16 heavy (non-hydrogen) atoms. The maximum atomic E-state index is 3.70. The van der Waals surface area contributed by atoms with Crippen molar-refractivity contribution < 1.29 is 0 Å². The van der Waals surface area contributed by atoms with Gasteiger partial charge in [0.25, 0.3) is 0 Å². The first kappa shape index (κ1) is 12.1. The summed E-state index contributed by atoms with van der Waals surface area (Å²) in [6.07, 6.45) is 5.49. The number of rotatable bonds is 5. The molecule has 3 atom stereocenters. The van der Waals surface area contributed by atoms with Crippen molar-refractivity contribution in [1.29, 1.82) is 0 Å². The molecule has 90 valence electrons. The molecular weight excluding hydrogens is 214 g/mol. The molecule has 1 heterocycles. The highest BCUT2D eigenvalue weighted by atomic mass is 32.1. The second-order valence-electron chi connectivity index (χ2n) is 5.07. The molecule has 1 aromatic rings. The molecule has 2 heteroatoms. The molecule has 0 spiro atoms. The molecule has 0 radical (unpaired) electrons. The van der Waals surface area contributed by atoms with Crippen LogP contribution in [0.5, 0.6) is 0 Å². The molecule has 0 amide bonds. The molecule has 0 saturated heterocycles. The van der Waals surface area contributed by atoms with Gasteiger partial charge < -0.3 is 5.32 Å². The van der Waals surface area contributed by atoms with E-state index in [0.717, 1.165) is 18.4 Å². The second-order valence-corrected chi connectivity index (χ2v) is 5.85. The smallest absolute Gasteiger partial charge is 0.0138 e. The molecule has 1 aromatic heterocycles. The molecule has 0 bridgehead atoms. The molecule has 0 aromatic carbocycles. The van der Waals surface area contributed by atoms with E-state index >= 15 is 0 Å². The van der Waals surface area contributed by atoms with Crippen LogP contribution in [0.2, 0.25) is 0 Å². The Kier molecular flexibility index (Phi) is 4.42. The van der Waals surface area contributed by atoms with Crippen molar-refractivity contribution in [3.05, 3.63) is 22.4 Å². The number of nitrogens with one attached hydrogen (secondary N) is 1. The summed E-state index contributed by atoms with van der Waals surface area (Å²) in [6, 6.07) is 2.96. The molecule has 1 N–H and O–H groups in total.